The number of aromatic nitrogens is 5. The Kier molecular flexibility index (Phi) is 7.10. The van der Waals surface area contributed by atoms with E-state index in [9.17, 15) is 9.59 Å². The topological polar surface area (TPSA) is 85.6 Å². The van der Waals surface area contributed by atoms with Crippen molar-refractivity contribution in [3.05, 3.63) is 76.4 Å². The van der Waals surface area contributed by atoms with Crippen molar-refractivity contribution in [2.24, 2.45) is 13.0 Å². The standard InChI is InChI=1S/C17H14N2O2.C8H13N3.C2H6/c20-10-12-8-18-16-15(12)14(11-6-7-11)9-19(17(16)21)13-4-2-1-3-5-13;1-6-3-7(4-6)8-10-9-5-11(8)2;1-2/h1-5,8-11,18H,6-7H2;5-7H,3-4H2,1-2H3;1-2H3. The van der Waals surface area contributed by atoms with Crippen molar-refractivity contribution < 1.29 is 4.79 Å². The van der Waals surface area contributed by atoms with E-state index in [0.717, 1.165) is 47.5 Å². The van der Waals surface area contributed by atoms with Gasteiger partial charge in [0.05, 0.1) is 0 Å². The summed E-state index contributed by atoms with van der Waals surface area (Å²) in [5.74, 6) is 3.18. The molecule has 1 aromatic carbocycles. The Morgan fingerprint density at radius 2 is 1.79 bits per heavy atom. The fourth-order valence-corrected chi connectivity index (χ4v) is 4.65. The Bertz CT molecular complexity index is 1310. The Labute approximate surface area is 199 Å². The molecule has 7 nitrogen and oxygen atoms in total. The molecular formula is C27H33N5O2. The third-order valence-corrected chi connectivity index (χ3v) is 6.56. The number of nitrogens with zero attached hydrogens (tertiary/aromatic N) is 4. The molecule has 2 saturated carbocycles. The minimum Gasteiger partial charge on any atom is -0.356 e. The second-order valence-electron chi connectivity index (χ2n) is 9.05. The number of aromatic amines is 1. The highest BCUT2D eigenvalue weighted by molar-refractivity contribution is 5.99. The van der Waals surface area contributed by atoms with Gasteiger partial charge >= 0.3 is 0 Å². The second-order valence-corrected chi connectivity index (χ2v) is 9.05. The number of benzene rings is 1. The first kappa shape index (κ1) is 23.7. The first-order valence-electron chi connectivity index (χ1n) is 12.2. The van der Waals surface area contributed by atoms with Gasteiger partial charge in [0.2, 0.25) is 0 Å². The molecule has 0 radical (unpaired) electrons. The molecule has 1 N–H and O–H groups in total. The van der Waals surface area contributed by atoms with Crippen LogP contribution >= 0.6 is 0 Å². The van der Waals surface area contributed by atoms with Crippen molar-refractivity contribution in [2.45, 2.75) is 58.3 Å². The summed E-state index contributed by atoms with van der Waals surface area (Å²) in [6.07, 6.45) is 10.9. The number of pyridine rings is 1. The zero-order chi connectivity index (χ0) is 24.2. The van der Waals surface area contributed by atoms with Crippen LogP contribution in [0, 0.1) is 5.92 Å². The molecule has 0 unspecified atom stereocenters. The summed E-state index contributed by atoms with van der Waals surface area (Å²) in [6.45, 7) is 6.28. The molecule has 0 spiro atoms. The van der Waals surface area contributed by atoms with E-state index in [2.05, 4.69) is 22.1 Å². The molecule has 2 fully saturated rings. The molecule has 6 rings (SSSR count). The van der Waals surface area contributed by atoms with E-state index in [4.69, 9.17) is 0 Å². The molecule has 34 heavy (non-hydrogen) atoms. The molecule has 2 aliphatic rings. The van der Waals surface area contributed by atoms with Crippen molar-refractivity contribution >= 4 is 17.2 Å². The largest absolute Gasteiger partial charge is 0.356 e. The van der Waals surface area contributed by atoms with Gasteiger partial charge in [-0.15, -0.1) is 10.2 Å². The van der Waals surface area contributed by atoms with E-state index < -0.39 is 0 Å². The van der Waals surface area contributed by atoms with E-state index >= 15 is 0 Å². The summed E-state index contributed by atoms with van der Waals surface area (Å²) < 4.78 is 3.69. The predicted molar refractivity (Wildman–Crippen MR) is 135 cm³/mol. The van der Waals surface area contributed by atoms with Gasteiger partial charge in [0.1, 0.15) is 17.7 Å². The zero-order valence-corrected chi connectivity index (χ0v) is 20.4. The molecule has 7 heteroatoms. The lowest BCUT2D eigenvalue weighted by atomic mass is 9.76. The molecule has 0 atom stereocenters. The van der Waals surface area contributed by atoms with E-state index in [-0.39, 0.29) is 5.56 Å². The third-order valence-electron chi connectivity index (χ3n) is 6.56. The number of nitrogens with one attached hydrogen (secondary N) is 1. The van der Waals surface area contributed by atoms with E-state index in [1.807, 2.05) is 62.0 Å². The lowest BCUT2D eigenvalue weighted by Gasteiger charge is -2.31. The first-order chi connectivity index (χ1) is 16.6. The molecule has 3 heterocycles. The van der Waals surface area contributed by atoms with E-state index in [1.54, 1.807) is 17.1 Å². The quantitative estimate of drug-likeness (QED) is 0.416. The maximum absolute atomic E-state index is 12.7. The highest BCUT2D eigenvalue weighted by Gasteiger charge is 2.30. The molecule has 0 aliphatic heterocycles. The Morgan fingerprint density at radius 3 is 2.35 bits per heavy atom. The highest BCUT2D eigenvalue weighted by atomic mass is 16.1. The van der Waals surface area contributed by atoms with Crippen molar-refractivity contribution in [3.8, 4) is 5.69 Å². The number of carbonyl (C=O) groups is 1. The maximum atomic E-state index is 12.7. The Hall–Kier alpha value is -3.48. The van der Waals surface area contributed by atoms with Crippen molar-refractivity contribution in [1.29, 1.82) is 0 Å². The predicted octanol–water partition coefficient (Wildman–Crippen LogP) is 5.36. The molecule has 4 aromatic rings. The second kappa shape index (κ2) is 10.2. The van der Waals surface area contributed by atoms with Gasteiger partial charge in [-0.05, 0) is 55.2 Å². The highest BCUT2D eigenvalue weighted by Crippen LogP contribution is 2.43. The van der Waals surface area contributed by atoms with Gasteiger partial charge in [-0.2, -0.15) is 0 Å². The van der Waals surface area contributed by atoms with Crippen LogP contribution in [0.4, 0.5) is 0 Å². The van der Waals surface area contributed by atoms with Gasteiger partial charge in [-0.3, -0.25) is 14.2 Å². The normalized spacial score (nSPS) is 18.8. The number of aldehydes is 1. The number of fused-ring (bicyclic) bond motifs is 1. The number of carbonyl (C=O) groups excluding carboxylic acids is 1. The van der Waals surface area contributed by atoms with Crippen LogP contribution in [-0.2, 0) is 7.05 Å². The van der Waals surface area contributed by atoms with Gasteiger partial charge in [-0.1, -0.05) is 39.0 Å². The zero-order valence-electron chi connectivity index (χ0n) is 20.4. The van der Waals surface area contributed by atoms with Crippen LogP contribution in [0.5, 0.6) is 0 Å². The Balaban J connectivity index is 0.000000178. The number of hydrogen-bond donors (Lipinski definition) is 1. The van der Waals surface area contributed by atoms with Crippen LogP contribution < -0.4 is 5.56 Å². The summed E-state index contributed by atoms with van der Waals surface area (Å²) >= 11 is 0. The first-order valence-corrected chi connectivity index (χ1v) is 12.2. The number of rotatable bonds is 4. The molecule has 0 bridgehead atoms. The van der Waals surface area contributed by atoms with Gasteiger partial charge in [-0.25, -0.2) is 0 Å². The van der Waals surface area contributed by atoms with Gasteiger partial charge in [0.25, 0.3) is 5.56 Å². The molecular weight excluding hydrogens is 426 g/mol. The molecule has 0 saturated heterocycles. The van der Waals surface area contributed by atoms with Crippen LogP contribution in [0.1, 0.15) is 80.0 Å². The van der Waals surface area contributed by atoms with Crippen LogP contribution in [-0.4, -0.2) is 30.6 Å². The minimum absolute atomic E-state index is 0.117. The number of aryl methyl sites for hydroxylation is 1. The smallest absolute Gasteiger partial charge is 0.279 e. The fraction of sp³-hybridized carbons (Fsp3) is 0.407. The average Bonchev–Trinajstić information content (AvgIpc) is 3.46. The number of hydrogen-bond acceptors (Lipinski definition) is 4. The summed E-state index contributed by atoms with van der Waals surface area (Å²) in [5.41, 5.74) is 2.91. The summed E-state index contributed by atoms with van der Waals surface area (Å²) in [5, 5.41) is 8.74. The van der Waals surface area contributed by atoms with Crippen LogP contribution in [0.2, 0.25) is 0 Å². The van der Waals surface area contributed by atoms with Gasteiger partial charge in [0, 0.05) is 42.0 Å². The summed E-state index contributed by atoms with van der Waals surface area (Å²) in [4.78, 5) is 26.9. The van der Waals surface area contributed by atoms with E-state index in [1.165, 1.54) is 12.8 Å². The monoisotopic (exact) mass is 459 g/mol. The fourth-order valence-electron chi connectivity index (χ4n) is 4.65. The maximum Gasteiger partial charge on any atom is 0.279 e. The SMILES string of the molecule is CC.CC1CC(c2nncn2C)C1.O=Cc1c[nH]c2c(=O)n(-c3ccccc3)cc(C3CC3)c12. The van der Waals surface area contributed by atoms with Crippen molar-refractivity contribution in [2.75, 3.05) is 0 Å². The summed E-state index contributed by atoms with van der Waals surface area (Å²) in [7, 11) is 2.01. The molecule has 178 valence electrons. The third kappa shape index (κ3) is 4.60. The Morgan fingerprint density at radius 1 is 1.09 bits per heavy atom. The van der Waals surface area contributed by atoms with Gasteiger partial charge in [0.15, 0.2) is 6.29 Å². The van der Waals surface area contributed by atoms with E-state index in [0.29, 0.717) is 22.9 Å². The minimum atomic E-state index is -0.117. The lowest BCUT2D eigenvalue weighted by molar-refractivity contribution is 0.112. The molecule has 2 aliphatic carbocycles. The molecule has 3 aromatic heterocycles. The summed E-state index contributed by atoms with van der Waals surface area (Å²) in [6, 6.07) is 9.57. The van der Waals surface area contributed by atoms with Gasteiger partial charge < -0.3 is 9.55 Å². The van der Waals surface area contributed by atoms with Crippen molar-refractivity contribution in [3.63, 3.8) is 0 Å². The average molecular weight is 460 g/mol. The van der Waals surface area contributed by atoms with Crippen LogP contribution in [0.15, 0.2) is 53.8 Å². The number of H-pyrrole nitrogens is 1. The molecule has 0 amide bonds. The number of para-hydroxylation sites is 1. The van der Waals surface area contributed by atoms with Crippen molar-refractivity contribution in [1.82, 2.24) is 24.3 Å². The lowest BCUT2D eigenvalue weighted by Crippen LogP contribution is -2.21. The van der Waals surface area contributed by atoms with Crippen LogP contribution in [0.3, 0.4) is 0 Å². The van der Waals surface area contributed by atoms with Crippen LogP contribution in [0.25, 0.3) is 16.6 Å².